The van der Waals surface area contributed by atoms with Crippen LogP contribution in [0.25, 0.3) is 0 Å². The van der Waals surface area contributed by atoms with Crippen LogP contribution in [0.3, 0.4) is 0 Å². The summed E-state index contributed by atoms with van der Waals surface area (Å²) < 4.78 is 0. The van der Waals surface area contributed by atoms with Crippen LogP contribution in [0.2, 0.25) is 0 Å². The number of ketones is 1. The Morgan fingerprint density at radius 3 is 1.56 bits per heavy atom. The second-order valence-electron chi connectivity index (χ2n) is 6.78. The molecule has 0 aromatic carbocycles. The molecule has 0 aliphatic rings. The molecule has 0 radical (unpaired) electrons. The van der Waals surface area contributed by atoms with Gasteiger partial charge >= 0.3 is 0 Å². The molecule has 0 bridgehead atoms. The number of carbonyl (C=O) groups excluding carboxylic acids is 2. The molecular formula is C15H29NO2. The first kappa shape index (κ1) is 17.1. The standard InChI is InChI=1S/C15H29NO2/c1-10(2)12(17)14(5,6)15(7,8)13(18)16(9)11(3)4/h10-11H,1-9H3. The van der Waals surface area contributed by atoms with E-state index in [1.54, 1.807) is 11.9 Å². The van der Waals surface area contributed by atoms with Gasteiger partial charge in [-0.2, -0.15) is 0 Å². The molecule has 0 heterocycles. The van der Waals surface area contributed by atoms with Crippen molar-refractivity contribution in [1.29, 1.82) is 0 Å². The lowest BCUT2D eigenvalue weighted by molar-refractivity contribution is -0.155. The molecule has 0 saturated carbocycles. The number of amides is 1. The molecule has 0 aliphatic carbocycles. The molecule has 0 atom stereocenters. The Balaban J connectivity index is 5.37. The molecule has 3 heteroatoms. The van der Waals surface area contributed by atoms with Crippen LogP contribution in [0.1, 0.15) is 55.4 Å². The third-order valence-corrected chi connectivity index (χ3v) is 4.33. The molecule has 0 N–H and O–H groups in total. The number of rotatable bonds is 5. The minimum absolute atomic E-state index is 0.0245. The summed E-state index contributed by atoms with van der Waals surface area (Å²) in [5.74, 6) is 0.103. The highest BCUT2D eigenvalue weighted by molar-refractivity contribution is 5.94. The van der Waals surface area contributed by atoms with Gasteiger partial charge in [-0.1, -0.05) is 41.5 Å². The van der Waals surface area contributed by atoms with Gasteiger partial charge in [0.05, 0.1) is 5.41 Å². The first-order valence-corrected chi connectivity index (χ1v) is 6.69. The SMILES string of the molecule is CC(C)C(=O)C(C)(C)C(C)(C)C(=O)N(C)C(C)C. The van der Waals surface area contributed by atoms with Crippen LogP contribution in [0, 0.1) is 16.7 Å². The summed E-state index contributed by atoms with van der Waals surface area (Å²) in [6, 6.07) is 0.140. The number of nitrogens with zero attached hydrogens (tertiary/aromatic N) is 1. The predicted octanol–water partition coefficient (Wildman–Crippen LogP) is 3.13. The molecule has 3 nitrogen and oxygen atoms in total. The minimum Gasteiger partial charge on any atom is -0.343 e. The molecule has 0 saturated heterocycles. The number of Topliss-reactive ketones (excluding diaryl/α,β-unsaturated/α-hetero) is 1. The van der Waals surface area contributed by atoms with Gasteiger partial charge in [0.1, 0.15) is 5.78 Å². The van der Waals surface area contributed by atoms with Gasteiger partial charge < -0.3 is 4.90 Å². The van der Waals surface area contributed by atoms with Crippen molar-refractivity contribution in [2.45, 2.75) is 61.4 Å². The van der Waals surface area contributed by atoms with Crippen LogP contribution < -0.4 is 0 Å². The smallest absolute Gasteiger partial charge is 0.229 e. The molecule has 0 unspecified atom stereocenters. The molecular weight excluding hydrogens is 226 g/mol. The normalized spacial score (nSPS) is 13.1. The Labute approximate surface area is 112 Å². The average molecular weight is 255 g/mol. The third kappa shape index (κ3) is 2.93. The molecule has 0 fully saturated rings. The largest absolute Gasteiger partial charge is 0.343 e. The van der Waals surface area contributed by atoms with E-state index in [0.717, 1.165) is 0 Å². The van der Waals surface area contributed by atoms with E-state index in [2.05, 4.69) is 0 Å². The van der Waals surface area contributed by atoms with Crippen LogP contribution in [-0.2, 0) is 9.59 Å². The van der Waals surface area contributed by atoms with Crippen molar-refractivity contribution >= 4 is 11.7 Å². The fourth-order valence-corrected chi connectivity index (χ4v) is 1.97. The zero-order valence-corrected chi connectivity index (χ0v) is 13.4. The van der Waals surface area contributed by atoms with E-state index >= 15 is 0 Å². The van der Waals surface area contributed by atoms with E-state index in [-0.39, 0.29) is 23.7 Å². The average Bonchev–Trinajstić information content (AvgIpc) is 2.24. The maximum Gasteiger partial charge on any atom is 0.229 e. The Bertz CT molecular complexity index is 327. The summed E-state index contributed by atoms with van der Waals surface area (Å²) in [5.41, 5.74) is -1.37. The number of hydrogen-bond donors (Lipinski definition) is 0. The van der Waals surface area contributed by atoms with Gasteiger partial charge in [-0.15, -0.1) is 0 Å². The zero-order valence-electron chi connectivity index (χ0n) is 13.4. The Kier molecular flexibility index (Phi) is 5.16. The maximum absolute atomic E-state index is 12.6. The molecule has 0 aromatic heterocycles. The van der Waals surface area contributed by atoms with E-state index in [1.165, 1.54) is 0 Å². The summed E-state index contributed by atoms with van der Waals surface area (Å²) >= 11 is 0. The molecule has 1 amide bonds. The van der Waals surface area contributed by atoms with E-state index in [4.69, 9.17) is 0 Å². The van der Waals surface area contributed by atoms with Crippen LogP contribution in [0.4, 0.5) is 0 Å². The summed E-state index contributed by atoms with van der Waals surface area (Å²) in [7, 11) is 1.80. The second kappa shape index (κ2) is 5.41. The predicted molar refractivity (Wildman–Crippen MR) is 75.3 cm³/mol. The van der Waals surface area contributed by atoms with Crippen LogP contribution in [-0.4, -0.2) is 29.7 Å². The van der Waals surface area contributed by atoms with Gasteiger partial charge in [0.25, 0.3) is 0 Å². The van der Waals surface area contributed by atoms with Gasteiger partial charge in [0.2, 0.25) is 5.91 Å². The van der Waals surface area contributed by atoms with E-state index in [0.29, 0.717) is 0 Å². The maximum atomic E-state index is 12.6. The second-order valence-corrected chi connectivity index (χ2v) is 6.78. The van der Waals surface area contributed by atoms with Crippen molar-refractivity contribution in [3.05, 3.63) is 0 Å². The minimum atomic E-state index is -0.701. The first-order valence-electron chi connectivity index (χ1n) is 6.69. The van der Waals surface area contributed by atoms with Gasteiger partial charge in [-0.25, -0.2) is 0 Å². The lowest BCUT2D eigenvalue weighted by Gasteiger charge is -2.43. The molecule has 0 rings (SSSR count). The molecule has 0 aromatic rings. The summed E-state index contributed by atoms with van der Waals surface area (Å²) in [6.45, 7) is 15.2. The van der Waals surface area contributed by atoms with Crippen molar-refractivity contribution in [3.8, 4) is 0 Å². The molecule has 18 heavy (non-hydrogen) atoms. The zero-order chi connectivity index (χ0) is 14.9. The van der Waals surface area contributed by atoms with Gasteiger partial charge in [-0.05, 0) is 13.8 Å². The highest BCUT2D eigenvalue weighted by atomic mass is 16.2. The van der Waals surface area contributed by atoms with Gasteiger partial charge in [-0.3, -0.25) is 9.59 Å². The van der Waals surface area contributed by atoms with Crippen molar-refractivity contribution in [3.63, 3.8) is 0 Å². The van der Waals surface area contributed by atoms with Crippen molar-refractivity contribution in [1.82, 2.24) is 4.90 Å². The van der Waals surface area contributed by atoms with Gasteiger partial charge in [0, 0.05) is 24.4 Å². The highest BCUT2D eigenvalue weighted by Crippen LogP contribution is 2.42. The van der Waals surface area contributed by atoms with Crippen LogP contribution >= 0.6 is 0 Å². The fourth-order valence-electron chi connectivity index (χ4n) is 1.97. The molecule has 0 spiro atoms. The lowest BCUT2D eigenvalue weighted by atomic mass is 9.62. The van der Waals surface area contributed by atoms with Crippen molar-refractivity contribution < 1.29 is 9.59 Å². The summed E-state index contributed by atoms with van der Waals surface area (Å²) in [5, 5.41) is 0. The lowest BCUT2D eigenvalue weighted by Crippen LogP contribution is -2.52. The van der Waals surface area contributed by atoms with Crippen LogP contribution in [0.15, 0.2) is 0 Å². The van der Waals surface area contributed by atoms with E-state index in [1.807, 2.05) is 55.4 Å². The topological polar surface area (TPSA) is 37.4 Å². The number of carbonyl (C=O) groups is 2. The quantitative estimate of drug-likeness (QED) is 0.757. The third-order valence-electron chi connectivity index (χ3n) is 4.33. The monoisotopic (exact) mass is 255 g/mol. The Hall–Kier alpha value is -0.860. The van der Waals surface area contributed by atoms with Crippen molar-refractivity contribution in [2.24, 2.45) is 16.7 Å². The Morgan fingerprint density at radius 1 is 0.889 bits per heavy atom. The Morgan fingerprint density at radius 2 is 1.28 bits per heavy atom. The first-order chi connectivity index (χ1) is 7.87. The summed E-state index contributed by atoms with van der Waals surface area (Å²) in [6.07, 6.45) is 0. The number of hydrogen-bond acceptors (Lipinski definition) is 2. The fraction of sp³-hybridized carbons (Fsp3) is 0.867. The summed E-state index contributed by atoms with van der Waals surface area (Å²) in [4.78, 5) is 26.6. The van der Waals surface area contributed by atoms with E-state index < -0.39 is 10.8 Å². The van der Waals surface area contributed by atoms with Crippen molar-refractivity contribution in [2.75, 3.05) is 7.05 Å². The van der Waals surface area contributed by atoms with E-state index in [9.17, 15) is 9.59 Å². The molecule has 106 valence electrons. The molecule has 0 aliphatic heterocycles. The van der Waals surface area contributed by atoms with Gasteiger partial charge in [0.15, 0.2) is 0 Å². The van der Waals surface area contributed by atoms with Crippen LogP contribution in [0.5, 0.6) is 0 Å². The highest BCUT2D eigenvalue weighted by Gasteiger charge is 2.49.